The summed E-state index contributed by atoms with van der Waals surface area (Å²) in [6.45, 7) is 5.93. The number of hydrogen-bond donors (Lipinski definition) is 1. The number of hydrogen-bond acceptors (Lipinski definition) is 4. The molecule has 1 aliphatic heterocycles. The van der Waals surface area contributed by atoms with Gasteiger partial charge in [-0.2, -0.15) is 0 Å². The summed E-state index contributed by atoms with van der Waals surface area (Å²) in [5.41, 5.74) is 1.14. The SMILES string of the molecule is CCN(Cc1ccc2c(c1)OCO2)C(C)C(=O)NC1CCCCC1. The Morgan fingerprint density at radius 2 is 2.00 bits per heavy atom. The number of rotatable bonds is 6. The molecule has 132 valence electrons. The van der Waals surface area contributed by atoms with Gasteiger partial charge in [0.2, 0.25) is 12.7 Å². The summed E-state index contributed by atoms with van der Waals surface area (Å²) in [5.74, 6) is 1.73. The summed E-state index contributed by atoms with van der Waals surface area (Å²) in [7, 11) is 0. The summed E-state index contributed by atoms with van der Waals surface area (Å²) in [5, 5.41) is 3.24. The van der Waals surface area contributed by atoms with Crippen LogP contribution in [0.3, 0.4) is 0 Å². The molecule has 0 radical (unpaired) electrons. The average Bonchev–Trinajstić information content (AvgIpc) is 3.07. The van der Waals surface area contributed by atoms with E-state index in [1.54, 1.807) is 0 Å². The van der Waals surface area contributed by atoms with Crippen LogP contribution in [0.5, 0.6) is 11.5 Å². The van der Waals surface area contributed by atoms with Crippen LogP contribution in [0.2, 0.25) is 0 Å². The molecule has 1 atom stereocenters. The van der Waals surface area contributed by atoms with Crippen molar-refractivity contribution in [2.24, 2.45) is 0 Å². The van der Waals surface area contributed by atoms with Crippen LogP contribution in [0, 0.1) is 0 Å². The summed E-state index contributed by atoms with van der Waals surface area (Å²) in [6, 6.07) is 6.22. The number of likely N-dealkylation sites (N-methyl/N-ethyl adjacent to an activating group) is 1. The van der Waals surface area contributed by atoms with E-state index in [1.165, 1.54) is 19.3 Å². The van der Waals surface area contributed by atoms with Crippen LogP contribution in [0.4, 0.5) is 0 Å². The van der Waals surface area contributed by atoms with Crippen LogP contribution in [-0.4, -0.2) is 36.2 Å². The molecular weight excluding hydrogens is 304 g/mol. The van der Waals surface area contributed by atoms with Crippen LogP contribution in [0.15, 0.2) is 18.2 Å². The van der Waals surface area contributed by atoms with Crippen molar-refractivity contribution in [1.82, 2.24) is 10.2 Å². The van der Waals surface area contributed by atoms with Gasteiger partial charge in [-0.25, -0.2) is 0 Å². The first-order valence-electron chi connectivity index (χ1n) is 9.10. The van der Waals surface area contributed by atoms with Crippen molar-refractivity contribution >= 4 is 5.91 Å². The van der Waals surface area contributed by atoms with Gasteiger partial charge in [0.15, 0.2) is 11.5 Å². The first-order chi connectivity index (χ1) is 11.7. The van der Waals surface area contributed by atoms with Crippen LogP contribution in [-0.2, 0) is 11.3 Å². The van der Waals surface area contributed by atoms with Gasteiger partial charge in [-0.1, -0.05) is 32.3 Å². The minimum Gasteiger partial charge on any atom is -0.454 e. The Morgan fingerprint density at radius 3 is 2.75 bits per heavy atom. The van der Waals surface area contributed by atoms with Crippen LogP contribution in [0.1, 0.15) is 51.5 Å². The highest BCUT2D eigenvalue weighted by molar-refractivity contribution is 5.81. The lowest BCUT2D eigenvalue weighted by Gasteiger charge is -2.30. The molecule has 1 saturated carbocycles. The van der Waals surface area contributed by atoms with Gasteiger partial charge in [-0.3, -0.25) is 9.69 Å². The van der Waals surface area contributed by atoms with Gasteiger partial charge in [0.05, 0.1) is 6.04 Å². The molecule has 0 spiro atoms. The third-order valence-electron chi connectivity index (χ3n) is 5.11. The van der Waals surface area contributed by atoms with Crippen molar-refractivity contribution in [3.63, 3.8) is 0 Å². The standard InChI is InChI=1S/C19H28N2O3/c1-3-21(12-15-9-10-17-18(11-15)24-13-23-17)14(2)19(22)20-16-7-5-4-6-8-16/h9-11,14,16H,3-8,12-13H2,1-2H3,(H,20,22). The molecule has 5 heteroatoms. The van der Waals surface area contributed by atoms with Crippen molar-refractivity contribution in [1.29, 1.82) is 0 Å². The van der Waals surface area contributed by atoms with Gasteiger partial charge in [0, 0.05) is 12.6 Å². The molecule has 1 fully saturated rings. The second-order valence-corrected chi connectivity index (χ2v) is 6.77. The summed E-state index contributed by atoms with van der Waals surface area (Å²) in [6.07, 6.45) is 5.99. The zero-order chi connectivity index (χ0) is 16.9. The minimum atomic E-state index is -0.137. The lowest BCUT2D eigenvalue weighted by molar-refractivity contribution is -0.127. The van der Waals surface area contributed by atoms with Crippen molar-refractivity contribution in [3.8, 4) is 11.5 Å². The molecule has 5 nitrogen and oxygen atoms in total. The lowest BCUT2D eigenvalue weighted by Crippen LogP contribution is -2.48. The lowest BCUT2D eigenvalue weighted by atomic mass is 9.95. The van der Waals surface area contributed by atoms with Crippen molar-refractivity contribution in [2.75, 3.05) is 13.3 Å². The van der Waals surface area contributed by atoms with Gasteiger partial charge in [0.1, 0.15) is 0 Å². The van der Waals surface area contributed by atoms with Crippen LogP contribution >= 0.6 is 0 Å². The van der Waals surface area contributed by atoms with Crippen molar-refractivity contribution in [2.45, 2.75) is 64.6 Å². The molecule has 1 aliphatic carbocycles. The molecule has 1 heterocycles. The first-order valence-corrected chi connectivity index (χ1v) is 9.10. The molecule has 1 aromatic carbocycles. The Bertz CT molecular complexity index is 570. The molecule has 1 amide bonds. The number of ether oxygens (including phenoxy) is 2. The molecular formula is C19H28N2O3. The monoisotopic (exact) mass is 332 g/mol. The molecule has 1 N–H and O–H groups in total. The molecule has 24 heavy (non-hydrogen) atoms. The van der Waals surface area contributed by atoms with Crippen molar-refractivity contribution in [3.05, 3.63) is 23.8 Å². The quantitative estimate of drug-likeness (QED) is 0.870. The first kappa shape index (κ1) is 17.1. The Morgan fingerprint density at radius 1 is 1.25 bits per heavy atom. The Labute approximate surface area is 144 Å². The predicted molar refractivity (Wildman–Crippen MR) is 93.1 cm³/mol. The predicted octanol–water partition coefficient (Wildman–Crippen LogP) is 3.07. The van der Waals surface area contributed by atoms with E-state index < -0.39 is 0 Å². The number of benzene rings is 1. The second kappa shape index (κ2) is 7.88. The maximum absolute atomic E-state index is 12.6. The van der Waals surface area contributed by atoms with Gasteiger partial charge in [-0.05, 0) is 44.0 Å². The average molecular weight is 332 g/mol. The highest BCUT2D eigenvalue weighted by Crippen LogP contribution is 2.32. The fourth-order valence-electron chi connectivity index (χ4n) is 3.53. The zero-order valence-corrected chi connectivity index (χ0v) is 14.7. The van der Waals surface area contributed by atoms with E-state index in [0.29, 0.717) is 6.04 Å². The molecule has 0 saturated heterocycles. The number of carbonyl (C=O) groups is 1. The van der Waals surface area contributed by atoms with Gasteiger partial charge >= 0.3 is 0 Å². The van der Waals surface area contributed by atoms with E-state index in [9.17, 15) is 4.79 Å². The van der Waals surface area contributed by atoms with E-state index in [0.717, 1.165) is 43.0 Å². The molecule has 0 aromatic heterocycles. The highest BCUT2D eigenvalue weighted by Gasteiger charge is 2.24. The van der Waals surface area contributed by atoms with E-state index in [1.807, 2.05) is 25.1 Å². The molecule has 1 aromatic rings. The number of nitrogens with one attached hydrogen (secondary N) is 1. The number of nitrogens with zero attached hydrogens (tertiary/aromatic N) is 1. The molecule has 3 rings (SSSR count). The van der Waals surface area contributed by atoms with E-state index in [2.05, 4.69) is 17.1 Å². The van der Waals surface area contributed by atoms with Crippen LogP contribution < -0.4 is 14.8 Å². The Hall–Kier alpha value is -1.75. The van der Waals surface area contributed by atoms with Crippen LogP contribution in [0.25, 0.3) is 0 Å². The number of fused-ring (bicyclic) bond motifs is 1. The number of amides is 1. The van der Waals surface area contributed by atoms with E-state index >= 15 is 0 Å². The fourth-order valence-corrected chi connectivity index (χ4v) is 3.53. The maximum Gasteiger partial charge on any atom is 0.237 e. The Balaban J connectivity index is 1.59. The largest absolute Gasteiger partial charge is 0.454 e. The van der Waals surface area contributed by atoms with E-state index in [-0.39, 0.29) is 18.7 Å². The third kappa shape index (κ3) is 4.01. The maximum atomic E-state index is 12.6. The second-order valence-electron chi connectivity index (χ2n) is 6.77. The van der Waals surface area contributed by atoms with Crippen molar-refractivity contribution < 1.29 is 14.3 Å². The Kier molecular flexibility index (Phi) is 5.61. The minimum absolute atomic E-state index is 0.137. The van der Waals surface area contributed by atoms with E-state index in [4.69, 9.17) is 9.47 Å². The summed E-state index contributed by atoms with van der Waals surface area (Å²) < 4.78 is 10.8. The van der Waals surface area contributed by atoms with Gasteiger partial charge in [0.25, 0.3) is 0 Å². The van der Waals surface area contributed by atoms with Gasteiger partial charge < -0.3 is 14.8 Å². The normalized spacial score (nSPS) is 18.6. The highest BCUT2D eigenvalue weighted by atomic mass is 16.7. The third-order valence-corrected chi connectivity index (χ3v) is 5.11. The smallest absolute Gasteiger partial charge is 0.237 e. The molecule has 0 bridgehead atoms. The summed E-state index contributed by atoms with van der Waals surface area (Å²) in [4.78, 5) is 14.8. The summed E-state index contributed by atoms with van der Waals surface area (Å²) >= 11 is 0. The number of carbonyl (C=O) groups excluding carboxylic acids is 1. The molecule has 2 aliphatic rings. The fraction of sp³-hybridized carbons (Fsp3) is 0.632. The molecule has 1 unspecified atom stereocenters. The van der Waals surface area contributed by atoms with Gasteiger partial charge in [-0.15, -0.1) is 0 Å². The zero-order valence-electron chi connectivity index (χ0n) is 14.7. The topological polar surface area (TPSA) is 50.8 Å².